The molecule has 0 amide bonds. The van der Waals surface area contributed by atoms with Gasteiger partial charge in [0.2, 0.25) is 0 Å². The maximum Gasteiger partial charge on any atom is 0.00392 e. The van der Waals surface area contributed by atoms with Gasteiger partial charge in [0.15, 0.2) is 0 Å². The summed E-state index contributed by atoms with van der Waals surface area (Å²) in [4.78, 5) is 0. The highest BCUT2D eigenvalue weighted by molar-refractivity contribution is 4.79. The number of hydrogen-bond acceptors (Lipinski definition) is 1. The standard InChI is InChI=1S/C8H17N.CH4/c1-8(2)5-3-7(9)4-6-8;/h7H,3-6,9H2,1-2H3;1H4. The van der Waals surface area contributed by atoms with E-state index in [4.69, 9.17) is 5.73 Å². The van der Waals surface area contributed by atoms with Crippen LogP contribution in [0.15, 0.2) is 0 Å². The molecule has 1 aliphatic carbocycles. The van der Waals surface area contributed by atoms with Crippen molar-refractivity contribution in [3.05, 3.63) is 0 Å². The Labute approximate surface area is 65.0 Å². The van der Waals surface area contributed by atoms with Gasteiger partial charge in [-0.3, -0.25) is 0 Å². The number of hydrogen-bond donors (Lipinski definition) is 1. The zero-order valence-corrected chi connectivity index (χ0v) is 6.48. The first kappa shape index (κ1) is 9.96. The van der Waals surface area contributed by atoms with Gasteiger partial charge in [0.25, 0.3) is 0 Å². The Kier molecular flexibility index (Phi) is 3.37. The van der Waals surface area contributed by atoms with E-state index in [1.807, 2.05) is 0 Å². The molecule has 10 heavy (non-hydrogen) atoms. The van der Waals surface area contributed by atoms with Crippen LogP contribution in [-0.2, 0) is 0 Å². The lowest BCUT2D eigenvalue weighted by atomic mass is 9.76. The van der Waals surface area contributed by atoms with Crippen molar-refractivity contribution in [1.29, 1.82) is 0 Å². The van der Waals surface area contributed by atoms with Crippen molar-refractivity contribution in [3.8, 4) is 0 Å². The smallest absolute Gasteiger partial charge is 0.00392 e. The summed E-state index contributed by atoms with van der Waals surface area (Å²) in [6.45, 7) is 4.66. The van der Waals surface area contributed by atoms with Crippen molar-refractivity contribution in [2.45, 2.75) is 53.0 Å². The first-order valence-corrected chi connectivity index (χ1v) is 3.86. The van der Waals surface area contributed by atoms with Gasteiger partial charge in [-0.1, -0.05) is 21.3 Å². The van der Waals surface area contributed by atoms with E-state index in [9.17, 15) is 0 Å². The van der Waals surface area contributed by atoms with Gasteiger partial charge in [-0.2, -0.15) is 0 Å². The van der Waals surface area contributed by atoms with Gasteiger partial charge in [0.1, 0.15) is 0 Å². The average Bonchev–Trinajstić information content (AvgIpc) is 1.78. The van der Waals surface area contributed by atoms with Crippen LogP contribution in [-0.4, -0.2) is 6.04 Å². The second-order valence-corrected chi connectivity index (χ2v) is 4.00. The second kappa shape index (κ2) is 3.38. The van der Waals surface area contributed by atoms with E-state index >= 15 is 0 Å². The maximum atomic E-state index is 5.76. The Morgan fingerprint density at radius 3 is 1.90 bits per heavy atom. The molecule has 0 saturated heterocycles. The van der Waals surface area contributed by atoms with Crippen LogP contribution < -0.4 is 5.73 Å². The average molecular weight is 143 g/mol. The largest absolute Gasteiger partial charge is 0.328 e. The fraction of sp³-hybridized carbons (Fsp3) is 1.00. The van der Waals surface area contributed by atoms with Crippen molar-refractivity contribution < 1.29 is 0 Å². The topological polar surface area (TPSA) is 26.0 Å². The summed E-state index contributed by atoms with van der Waals surface area (Å²) >= 11 is 0. The molecule has 0 bridgehead atoms. The minimum Gasteiger partial charge on any atom is -0.328 e. The maximum absolute atomic E-state index is 5.76. The fourth-order valence-electron chi connectivity index (χ4n) is 1.42. The molecule has 1 fully saturated rings. The van der Waals surface area contributed by atoms with Gasteiger partial charge < -0.3 is 5.73 Å². The molecule has 1 rings (SSSR count). The molecule has 0 radical (unpaired) electrons. The molecule has 2 N–H and O–H groups in total. The van der Waals surface area contributed by atoms with Crippen LogP contribution in [0.5, 0.6) is 0 Å². The first-order valence-electron chi connectivity index (χ1n) is 3.86. The van der Waals surface area contributed by atoms with Gasteiger partial charge >= 0.3 is 0 Å². The summed E-state index contributed by atoms with van der Waals surface area (Å²) in [6, 6.07) is 0.498. The molecule has 1 heteroatoms. The van der Waals surface area contributed by atoms with Crippen molar-refractivity contribution in [2.75, 3.05) is 0 Å². The van der Waals surface area contributed by atoms with Crippen LogP contribution in [0, 0.1) is 5.41 Å². The van der Waals surface area contributed by atoms with E-state index in [1.165, 1.54) is 25.7 Å². The highest BCUT2D eigenvalue weighted by atomic mass is 14.6. The third-order valence-corrected chi connectivity index (χ3v) is 2.38. The Morgan fingerprint density at radius 1 is 1.20 bits per heavy atom. The van der Waals surface area contributed by atoms with Crippen LogP contribution in [0.1, 0.15) is 47.0 Å². The van der Waals surface area contributed by atoms with Crippen molar-refractivity contribution in [2.24, 2.45) is 11.1 Å². The van der Waals surface area contributed by atoms with Gasteiger partial charge in [0.05, 0.1) is 0 Å². The van der Waals surface area contributed by atoms with Crippen LogP contribution in [0.3, 0.4) is 0 Å². The van der Waals surface area contributed by atoms with Crippen LogP contribution in [0.25, 0.3) is 0 Å². The van der Waals surface area contributed by atoms with Crippen molar-refractivity contribution in [3.63, 3.8) is 0 Å². The Hall–Kier alpha value is -0.0400. The molecular formula is C9H21N. The summed E-state index contributed by atoms with van der Waals surface area (Å²) in [7, 11) is 0. The lowest BCUT2D eigenvalue weighted by Crippen LogP contribution is -2.30. The minimum absolute atomic E-state index is 0. The molecule has 0 atom stereocenters. The Balaban J connectivity index is 0.000000810. The summed E-state index contributed by atoms with van der Waals surface area (Å²) < 4.78 is 0. The van der Waals surface area contributed by atoms with Crippen LogP contribution in [0.4, 0.5) is 0 Å². The van der Waals surface area contributed by atoms with E-state index in [0.717, 1.165) is 0 Å². The Bertz CT molecular complexity index is 86.9. The second-order valence-electron chi connectivity index (χ2n) is 4.00. The molecule has 0 unspecified atom stereocenters. The monoisotopic (exact) mass is 143 g/mol. The molecule has 1 aliphatic rings. The van der Waals surface area contributed by atoms with E-state index in [-0.39, 0.29) is 7.43 Å². The van der Waals surface area contributed by atoms with Crippen molar-refractivity contribution in [1.82, 2.24) is 0 Å². The van der Waals surface area contributed by atoms with E-state index in [1.54, 1.807) is 0 Å². The van der Waals surface area contributed by atoms with Gasteiger partial charge in [-0.15, -0.1) is 0 Å². The lowest BCUT2D eigenvalue weighted by Gasteiger charge is -2.32. The van der Waals surface area contributed by atoms with Gasteiger partial charge in [-0.05, 0) is 31.1 Å². The fourth-order valence-corrected chi connectivity index (χ4v) is 1.42. The quantitative estimate of drug-likeness (QED) is 0.554. The normalized spacial score (nSPS) is 25.5. The van der Waals surface area contributed by atoms with Crippen LogP contribution in [0.2, 0.25) is 0 Å². The molecule has 0 aliphatic heterocycles. The predicted octanol–water partition coefficient (Wildman–Crippen LogP) is 2.55. The highest BCUT2D eigenvalue weighted by Crippen LogP contribution is 2.34. The lowest BCUT2D eigenvalue weighted by molar-refractivity contribution is 0.225. The molecule has 0 aromatic heterocycles. The molecule has 0 spiro atoms. The summed E-state index contributed by atoms with van der Waals surface area (Å²) in [5, 5.41) is 0. The number of rotatable bonds is 0. The molecule has 1 nitrogen and oxygen atoms in total. The summed E-state index contributed by atoms with van der Waals surface area (Å²) in [5.41, 5.74) is 6.34. The predicted molar refractivity (Wildman–Crippen MR) is 47.0 cm³/mol. The SMILES string of the molecule is C.CC1(C)CCC(N)CC1. The van der Waals surface area contributed by atoms with E-state index in [2.05, 4.69) is 13.8 Å². The first-order chi connectivity index (χ1) is 4.10. The molecular weight excluding hydrogens is 122 g/mol. The zero-order valence-electron chi connectivity index (χ0n) is 6.48. The van der Waals surface area contributed by atoms with E-state index < -0.39 is 0 Å². The third kappa shape index (κ3) is 2.70. The van der Waals surface area contributed by atoms with Gasteiger partial charge in [0, 0.05) is 6.04 Å². The Morgan fingerprint density at radius 2 is 1.60 bits per heavy atom. The molecule has 0 aromatic rings. The summed E-state index contributed by atoms with van der Waals surface area (Å²) in [5.74, 6) is 0. The molecule has 0 heterocycles. The third-order valence-electron chi connectivity index (χ3n) is 2.38. The van der Waals surface area contributed by atoms with Crippen molar-refractivity contribution >= 4 is 0 Å². The molecule has 0 aromatic carbocycles. The highest BCUT2D eigenvalue weighted by Gasteiger charge is 2.24. The summed E-state index contributed by atoms with van der Waals surface area (Å²) in [6.07, 6.45) is 5.09. The molecule has 62 valence electrons. The number of nitrogens with two attached hydrogens (primary N) is 1. The van der Waals surface area contributed by atoms with E-state index in [0.29, 0.717) is 11.5 Å². The minimum atomic E-state index is 0. The molecule has 1 saturated carbocycles. The zero-order chi connectivity index (χ0) is 6.91. The van der Waals surface area contributed by atoms with Gasteiger partial charge in [-0.25, -0.2) is 0 Å². The van der Waals surface area contributed by atoms with Crippen LogP contribution >= 0.6 is 0 Å².